The highest BCUT2D eigenvalue weighted by atomic mass is 31.2. The lowest BCUT2D eigenvalue weighted by molar-refractivity contribution is -0.00146. The molecule has 0 aromatic rings. The summed E-state index contributed by atoms with van der Waals surface area (Å²) in [4.78, 5) is 37.8. The van der Waals surface area contributed by atoms with Crippen LogP contribution in [-0.2, 0) is 36.3 Å². The molecule has 4 radical (unpaired) electrons. The second-order valence-electron chi connectivity index (χ2n) is 8.62. The number of aliphatic hydroxyl groups is 1. The Labute approximate surface area is 214 Å². The molecule has 0 fully saturated rings. The summed E-state index contributed by atoms with van der Waals surface area (Å²) < 4.78 is 72.8. The van der Waals surface area contributed by atoms with E-state index < -0.39 is 72.7 Å². The predicted molar refractivity (Wildman–Crippen MR) is 131 cm³/mol. The van der Waals surface area contributed by atoms with Crippen LogP contribution in [0.25, 0.3) is 0 Å². The van der Waals surface area contributed by atoms with Crippen LogP contribution in [0.3, 0.4) is 0 Å². The van der Waals surface area contributed by atoms with Gasteiger partial charge in [-0.3, -0.25) is 22.6 Å². The van der Waals surface area contributed by atoms with Gasteiger partial charge < -0.3 is 29.0 Å². The maximum Gasteiger partial charge on any atom is 0.472 e. The molecule has 20 heteroatoms. The van der Waals surface area contributed by atoms with Gasteiger partial charge in [-0.15, -0.1) is 0 Å². The summed E-state index contributed by atoms with van der Waals surface area (Å²) in [5, 5.41) is 8.93. The van der Waals surface area contributed by atoms with Crippen molar-refractivity contribution in [1.29, 1.82) is 0 Å². The summed E-state index contributed by atoms with van der Waals surface area (Å²) in [5.74, 6) is -1.84. The number of halogens is 1. The summed E-state index contributed by atoms with van der Waals surface area (Å²) in [6.07, 6.45) is 0.203. The maximum absolute atomic E-state index is 12.6. The zero-order valence-corrected chi connectivity index (χ0v) is 23.4. The third kappa shape index (κ3) is 15.7. The molecule has 0 aromatic carbocycles. The number of phosphoric acid groups is 3. The highest BCUT2D eigenvalue weighted by molar-refractivity contribution is 7.47. The van der Waals surface area contributed by atoms with Gasteiger partial charge in [0.05, 0.1) is 38.2 Å². The van der Waals surface area contributed by atoms with Crippen LogP contribution in [0.1, 0.15) is 53.4 Å². The number of aliphatic hydroxyl groups excluding tert-OH is 1. The summed E-state index contributed by atoms with van der Waals surface area (Å²) >= 11 is 0. The van der Waals surface area contributed by atoms with Crippen molar-refractivity contribution in [3.8, 4) is 0 Å². The molecule has 0 aliphatic carbocycles. The minimum atomic E-state index is -4.74. The second-order valence-corrected chi connectivity index (χ2v) is 12.6. The quantitative estimate of drug-likeness (QED) is 0.0982. The van der Waals surface area contributed by atoms with Crippen LogP contribution in [0.15, 0.2) is 0 Å². The van der Waals surface area contributed by atoms with Gasteiger partial charge in [-0.1, -0.05) is 19.7 Å². The van der Waals surface area contributed by atoms with Gasteiger partial charge in [0.25, 0.3) is 0 Å². The molecule has 0 aliphatic rings. The number of hydrogen-bond acceptors (Lipinski definition) is 9. The first-order chi connectivity index (χ1) is 16.4. The molecule has 0 heterocycles. The topological polar surface area (TPSA) is 199 Å². The SMILES string of the molecule is [B][B]C(COP(=O)(O)O)CC(C)(CC)OP(=O)(O)OCCC(C)(CC)OP(=O)(O)OCC([B]F)CO. The Morgan fingerprint density at radius 3 is 1.83 bits per heavy atom. The maximum atomic E-state index is 12.6. The molecule has 5 N–H and O–H groups in total. The van der Waals surface area contributed by atoms with E-state index >= 15 is 0 Å². The van der Waals surface area contributed by atoms with E-state index in [-0.39, 0.29) is 33.2 Å². The van der Waals surface area contributed by atoms with Crippen molar-refractivity contribution in [2.24, 2.45) is 0 Å². The van der Waals surface area contributed by atoms with E-state index in [9.17, 15) is 27.8 Å². The fourth-order valence-electron chi connectivity index (χ4n) is 2.77. The van der Waals surface area contributed by atoms with Crippen LogP contribution in [0.4, 0.5) is 4.32 Å². The predicted octanol–water partition coefficient (Wildman–Crippen LogP) is 2.43. The van der Waals surface area contributed by atoms with Gasteiger partial charge in [0.1, 0.15) is 0 Å². The molecule has 0 aliphatic heterocycles. The van der Waals surface area contributed by atoms with E-state index in [0.29, 0.717) is 0 Å². The molecule has 0 saturated carbocycles. The van der Waals surface area contributed by atoms with Gasteiger partial charge >= 0.3 is 31.0 Å². The summed E-state index contributed by atoms with van der Waals surface area (Å²) in [6, 6.07) is 0. The molecule has 6 atom stereocenters. The first-order valence-electron chi connectivity index (χ1n) is 11.0. The number of phosphoric ester groups is 3. The normalized spacial score (nSPS) is 20.8. The van der Waals surface area contributed by atoms with E-state index in [1.807, 2.05) is 0 Å². The van der Waals surface area contributed by atoms with Crippen LogP contribution < -0.4 is 0 Å². The fourth-order valence-corrected chi connectivity index (χ4v) is 5.50. The van der Waals surface area contributed by atoms with Gasteiger partial charge in [0.15, 0.2) is 0 Å². The Balaban J connectivity index is 5.04. The Morgan fingerprint density at radius 2 is 1.39 bits per heavy atom. The molecule has 0 saturated heterocycles. The van der Waals surface area contributed by atoms with Crippen molar-refractivity contribution < 1.29 is 65.3 Å². The third-order valence-electron chi connectivity index (χ3n) is 5.34. The van der Waals surface area contributed by atoms with E-state index in [0.717, 1.165) is 7.17 Å². The Hall–Kier alpha value is 0.415. The molecule has 0 aromatic heterocycles. The van der Waals surface area contributed by atoms with Crippen LogP contribution in [-0.4, -0.2) is 84.8 Å². The average Bonchev–Trinajstić information content (AvgIpc) is 2.75. The fraction of sp³-hybridized carbons (Fsp3) is 1.00. The van der Waals surface area contributed by atoms with Crippen LogP contribution >= 0.6 is 23.5 Å². The standard InChI is InChI=1S/C16H35B3FO13P3/c1-5-15(3,32-36(27,28)31-12-14(10-21)19-20)7-8-29-35(25,26)33-16(4,6-2)9-13(18-17)11-30-34(22,23)24/h13-14,21H,5-12H2,1-4H3,(H,25,26)(H,27,28)(H2,22,23,24). The van der Waals surface area contributed by atoms with Gasteiger partial charge in [0.2, 0.25) is 0 Å². The summed E-state index contributed by atoms with van der Waals surface area (Å²) in [5.41, 5.74) is -2.63. The molecule has 13 nitrogen and oxygen atoms in total. The van der Waals surface area contributed by atoms with Crippen molar-refractivity contribution in [2.45, 2.75) is 76.2 Å². The molecule has 0 bridgehead atoms. The monoisotopic (exact) mass is 580 g/mol. The van der Waals surface area contributed by atoms with E-state index in [1.54, 1.807) is 13.8 Å². The van der Waals surface area contributed by atoms with Crippen molar-refractivity contribution in [3.63, 3.8) is 0 Å². The zero-order valence-electron chi connectivity index (χ0n) is 20.8. The first kappa shape index (κ1) is 36.4. The Bertz CT molecular complexity index is 790. The van der Waals surface area contributed by atoms with Crippen LogP contribution in [0.2, 0.25) is 11.6 Å². The molecule has 208 valence electrons. The minimum Gasteiger partial charge on any atom is -0.397 e. The number of rotatable bonds is 21. The van der Waals surface area contributed by atoms with E-state index in [2.05, 4.69) is 4.52 Å². The largest absolute Gasteiger partial charge is 0.472 e. The lowest BCUT2D eigenvalue weighted by atomic mass is 9.46. The first-order valence-corrected chi connectivity index (χ1v) is 15.6. The van der Waals surface area contributed by atoms with Crippen molar-refractivity contribution >= 4 is 45.9 Å². The Morgan fingerprint density at radius 1 is 0.889 bits per heavy atom. The van der Waals surface area contributed by atoms with Crippen LogP contribution in [0, 0.1) is 0 Å². The van der Waals surface area contributed by atoms with Crippen molar-refractivity contribution in [2.75, 3.05) is 26.4 Å². The van der Waals surface area contributed by atoms with Crippen molar-refractivity contribution in [1.82, 2.24) is 0 Å². The highest BCUT2D eigenvalue weighted by Crippen LogP contribution is 2.52. The molecule has 0 amide bonds. The smallest absolute Gasteiger partial charge is 0.397 e. The van der Waals surface area contributed by atoms with Gasteiger partial charge in [0, 0.05) is 26.6 Å². The molecular formula is C16H35B3FO13P3. The summed E-state index contributed by atoms with van der Waals surface area (Å²) in [6.45, 7) is 4.08. The van der Waals surface area contributed by atoms with Crippen LogP contribution in [0.5, 0.6) is 0 Å². The molecule has 0 rings (SSSR count). The molecule has 6 unspecified atom stereocenters. The molecule has 0 spiro atoms. The lowest BCUT2D eigenvalue weighted by Crippen LogP contribution is -2.32. The number of hydrogen-bond donors (Lipinski definition) is 5. The molecule has 36 heavy (non-hydrogen) atoms. The zero-order chi connectivity index (χ0) is 28.3. The summed E-state index contributed by atoms with van der Waals surface area (Å²) in [7, 11) is -7.33. The highest BCUT2D eigenvalue weighted by Gasteiger charge is 2.39. The second kappa shape index (κ2) is 15.9. The van der Waals surface area contributed by atoms with Gasteiger partial charge in [-0.05, 0) is 33.1 Å². The third-order valence-corrected chi connectivity index (χ3v) is 8.15. The lowest BCUT2D eigenvalue weighted by Gasteiger charge is -2.34. The molecular weight excluding hydrogens is 545 g/mol. The minimum absolute atomic E-state index is 0.0279. The van der Waals surface area contributed by atoms with Gasteiger partial charge in [-0.25, -0.2) is 13.7 Å². The van der Waals surface area contributed by atoms with E-state index in [1.165, 1.54) is 13.8 Å². The Kier molecular flexibility index (Phi) is 16.0. The average molecular weight is 580 g/mol. The van der Waals surface area contributed by atoms with Crippen molar-refractivity contribution in [3.05, 3.63) is 0 Å². The van der Waals surface area contributed by atoms with Gasteiger partial charge in [-0.2, -0.15) is 0 Å². The van der Waals surface area contributed by atoms with E-state index in [4.69, 9.17) is 40.7 Å².